The fraction of sp³-hybridized carbons (Fsp3) is 0.625. The molecule has 1 atom stereocenters. The molecule has 0 bridgehead atoms. The highest BCUT2D eigenvalue weighted by Crippen LogP contribution is 2.18. The van der Waals surface area contributed by atoms with Crippen molar-refractivity contribution >= 4 is 0 Å². The molecular weight excluding hydrogens is 224 g/mol. The molecule has 2 heteroatoms. The second kappa shape index (κ2) is 6.35. The first kappa shape index (κ1) is 15.2. The quantitative estimate of drug-likeness (QED) is 0.862. The van der Waals surface area contributed by atoms with Crippen LogP contribution >= 0.6 is 0 Å². The summed E-state index contributed by atoms with van der Waals surface area (Å²) in [6, 6.07) is 8.17. The molecule has 102 valence electrons. The summed E-state index contributed by atoms with van der Waals surface area (Å²) in [5.41, 5.74) is 2.03. The Balaban J connectivity index is 2.56. The number of benzene rings is 1. The van der Waals surface area contributed by atoms with Crippen molar-refractivity contribution in [3.63, 3.8) is 0 Å². The molecule has 2 nitrogen and oxygen atoms in total. The third-order valence-corrected chi connectivity index (χ3v) is 2.68. The Morgan fingerprint density at radius 3 is 2.11 bits per heavy atom. The maximum absolute atomic E-state index is 10.0. The molecule has 0 heterocycles. The SMILES string of the molecule is CC(C)Cc1ccc(C(O)COC(C)(C)C)cc1. The van der Waals surface area contributed by atoms with Crippen LogP contribution in [0.1, 0.15) is 51.8 Å². The van der Waals surface area contributed by atoms with Crippen molar-refractivity contribution < 1.29 is 9.84 Å². The fourth-order valence-corrected chi connectivity index (χ4v) is 1.77. The van der Waals surface area contributed by atoms with Crippen molar-refractivity contribution in [2.45, 2.75) is 52.7 Å². The van der Waals surface area contributed by atoms with E-state index < -0.39 is 6.10 Å². The summed E-state index contributed by atoms with van der Waals surface area (Å²) in [6.07, 6.45) is 0.534. The zero-order chi connectivity index (χ0) is 13.8. The number of aliphatic hydroxyl groups is 1. The molecule has 0 aromatic heterocycles. The summed E-state index contributed by atoms with van der Waals surface area (Å²) in [4.78, 5) is 0. The van der Waals surface area contributed by atoms with Gasteiger partial charge in [0, 0.05) is 0 Å². The third kappa shape index (κ3) is 5.65. The Morgan fingerprint density at radius 2 is 1.67 bits per heavy atom. The summed E-state index contributed by atoms with van der Waals surface area (Å²) < 4.78 is 5.59. The average molecular weight is 250 g/mol. The third-order valence-electron chi connectivity index (χ3n) is 2.68. The normalized spacial score (nSPS) is 13.9. The second-order valence-corrected chi connectivity index (χ2v) is 6.28. The average Bonchev–Trinajstić information content (AvgIpc) is 2.25. The van der Waals surface area contributed by atoms with Gasteiger partial charge in [0.1, 0.15) is 6.10 Å². The predicted octanol–water partition coefficient (Wildman–Crippen LogP) is 3.73. The number of hydrogen-bond acceptors (Lipinski definition) is 2. The molecule has 1 aromatic rings. The van der Waals surface area contributed by atoms with Gasteiger partial charge in [-0.25, -0.2) is 0 Å². The van der Waals surface area contributed by atoms with Crippen LogP contribution in [-0.4, -0.2) is 17.3 Å². The van der Waals surface area contributed by atoms with Crippen LogP contribution in [-0.2, 0) is 11.2 Å². The van der Waals surface area contributed by atoms with Gasteiger partial charge in [0.2, 0.25) is 0 Å². The van der Waals surface area contributed by atoms with Crippen LogP contribution in [0.2, 0.25) is 0 Å². The standard InChI is InChI=1S/C16H26O2/c1-12(2)10-13-6-8-14(9-7-13)15(17)11-18-16(3,4)5/h6-9,12,15,17H,10-11H2,1-5H3. The van der Waals surface area contributed by atoms with Gasteiger partial charge in [-0.1, -0.05) is 38.1 Å². The van der Waals surface area contributed by atoms with E-state index in [1.54, 1.807) is 0 Å². The van der Waals surface area contributed by atoms with E-state index in [0.717, 1.165) is 12.0 Å². The van der Waals surface area contributed by atoms with Gasteiger partial charge in [-0.3, -0.25) is 0 Å². The molecule has 0 spiro atoms. The van der Waals surface area contributed by atoms with Crippen LogP contribution in [0, 0.1) is 5.92 Å². The molecule has 1 N–H and O–H groups in total. The summed E-state index contributed by atoms with van der Waals surface area (Å²) >= 11 is 0. The lowest BCUT2D eigenvalue weighted by molar-refractivity contribution is -0.0496. The van der Waals surface area contributed by atoms with E-state index in [9.17, 15) is 5.11 Å². The van der Waals surface area contributed by atoms with Crippen molar-refractivity contribution in [3.8, 4) is 0 Å². The zero-order valence-corrected chi connectivity index (χ0v) is 12.2. The molecule has 0 aliphatic carbocycles. The summed E-state index contributed by atoms with van der Waals surface area (Å²) in [7, 11) is 0. The van der Waals surface area contributed by atoms with E-state index in [2.05, 4.69) is 26.0 Å². The van der Waals surface area contributed by atoms with E-state index in [-0.39, 0.29) is 5.60 Å². The zero-order valence-electron chi connectivity index (χ0n) is 12.2. The lowest BCUT2D eigenvalue weighted by atomic mass is 10.0. The molecule has 1 rings (SSSR count). The van der Waals surface area contributed by atoms with Crippen LogP contribution in [0.4, 0.5) is 0 Å². The first-order valence-electron chi connectivity index (χ1n) is 6.69. The van der Waals surface area contributed by atoms with Gasteiger partial charge in [0.15, 0.2) is 0 Å². The maximum atomic E-state index is 10.0. The molecule has 0 aliphatic rings. The molecule has 0 fully saturated rings. The Labute approximate surface area is 111 Å². The fourth-order valence-electron chi connectivity index (χ4n) is 1.77. The molecule has 0 radical (unpaired) electrons. The molecular formula is C16H26O2. The molecule has 1 aromatic carbocycles. The maximum Gasteiger partial charge on any atom is 0.102 e. The number of aliphatic hydroxyl groups excluding tert-OH is 1. The van der Waals surface area contributed by atoms with Gasteiger partial charge < -0.3 is 9.84 Å². The minimum atomic E-state index is -0.544. The van der Waals surface area contributed by atoms with E-state index in [4.69, 9.17) is 4.74 Å². The highest BCUT2D eigenvalue weighted by molar-refractivity contribution is 5.24. The van der Waals surface area contributed by atoms with Gasteiger partial charge in [-0.2, -0.15) is 0 Å². The smallest absolute Gasteiger partial charge is 0.102 e. The molecule has 0 aliphatic heterocycles. The van der Waals surface area contributed by atoms with Crippen LogP contribution in [0.15, 0.2) is 24.3 Å². The lowest BCUT2D eigenvalue weighted by Gasteiger charge is -2.22. The summed E-state index contributed by atoms with van der Waals surface area (Å²) in [5, 5.41) is 10.0. The largest absolute Gasteiger partial charge is 0.386 e. The van der Waals surface area contributed by atoms with Gasteiger partial charge in [0.25, 0.3) is 0 Å². The van der Waals surface area contributed by atoms with Crippen molar-refractivity contribution in [2.75, 3.05) is 6.61 Å². The molecule has 0 saturated carbocycles. The highest BCUT2D eigenvalue weighted by Gasteiger charge is 2.14. The Morgan fingerprint density at radius 1 is 1.11 bits per heavy atom. The van der Waals surface area contributed by atoms with Crippen LogP contribution in [0.5, 0.6) is 0 Å². The van der Waals surface area contributed by atoms with E-state index in [1.165, 1.54) is 5.56 Å². The number of rotatable bonds is 5. The minimum absolute atomic E-state index is 0.210. The monoisotopic (exact) mass is 250 g/mol. The van der Waals surface area contributed by atoms with Gasteiger partial charge in [0.05, 0.1) is 12.2 Å². The molecule has 18 heavy (non-hydrogen) atoms. The first-order valence-corrected chi connectivity index (χ1v) is 6.69. The highest BCUT2D eigenvalue weighted by atomic mass is 16.5. The molecule has 1 unspecified atom stereocenters. The number of ether oxygens (including phenoxy) is 1. The van der Waals surface area contributed by atoms with Crippen LogP contribution in [0.3, 0.4) is 0 Å². The second-order valence-electron chi connectivity index (χ2n) is 6.28. The summed E-state index contributed by atoms with van der Waals surface area (Å²) in [5.74, 6) is 0.657. The predicted molar refractivity (Wildman–Crippen MR) is 75.6 cm³/mol. The molecule has 0 amide bonds. The van der Waals surface area contributed by atoms with Crippen molar-refractivity contribution in [2.24, 2.45) is 5.92 Å². The van der Waals surface area contributed by atoms with Crippen molar-refractivity contribution in [1.29, 1.82) is 0 Å². The Kier molecular flexibility index (Phi) is 5.36. The first-order chi connectivity index (χ1) is 8.28. The minimum Gasteiger partial charge on any atom is -0.386 e. The summed E-state index contributed by atoms with van der Waals surface area (Å²) in [6.45, 7) is 10.7. The van der Waals surface area contributed by atoms with Gasteiger partial charge >= 0.3 is 0 Å². The Hall–Kier alpha value is -0.860. The van der Waals surface area contributed by atoms with Crippen molar-refractivity contribution in [3.05, 3.63) is 35.4 Å². The lowest BCUT2D eigenvalue weighted by Crippen LogP contribution is -2.22. The van der Waals surface area contributed by atoms with Gasteiger partial charge in [-0.15, -0.1) is 0 Å². The van der Waals surface area contributed by atoms with E-state index in [0.29, 0.717) is 12.5 Å². The van der Waals surface area contributed by atoms with Crippen molar-refractivity contribution in [1.82, 2.24) is 0 Å². The topological polar surface area (TPSA) is 29.5 Å². The Bertz CT molecular complexity index is 346. The number of hydrogen-bond donors (Lipinski definition) is 1. The molecule has 0 saturated heterocycles. The van der Waals surface area contributed by atoms with Gasteiger partial charge in [-0.05, 0) is 44.2 Å². The van der Waals surface area contributed by atoms with E-state index in [1.807, 2.05) is 32.9 Å². The van der Waals surface area contributed by atoms with E-state index >= 15 is 0 Å². The van der Waals surface area contributed by atoms with Crippen LogP contribution in [0.25, 0.3) is 0 Å². The van der Waals surface area contributed by atoms with Crippen LogP contribution < -0.4 is 0 Å².